The topological polar surface area (TPSA) is 108 Å². The molecule has 9 heteroatoms. The van der Waals surface area contributed by atoms with Gasteiger partial charge >= 0.3 is 0 Å². The van der Waals surface area contributed by atoms with Crippen molar-refractivity contribution in [2.24, 2.45) is 12.8 Å². The maximum Gasteiger partial charge on any atom is 0.242 e. The van der Waals surface area contributed by atoms with Crippen LogP contribution in [0.25, 0.3) is 0 Å². The van der Waals surface area contributed by atoms with Crippen molar-refractivity contribution < 1.29 is 8.42 Å². The molecule has 0 atom stereocenters. The van der Waals surface area contributed by atoms with E-state index in [1.165, 1.54) is 11.0 Å². The molecule has 0 aliphatic rings. The highest BCUT2D eigenvalue weighted by Crippen LogP contribution is 2.15. The predicted octanol–water partition coefficient (Wildman–Crippen LogP) is -0.0362. The number of hydrogen-bond donors (Lipinski definition) is 2. The summed E-state index contributed by atoms with van der Waals surface area (Å²) in [6, 6.07) is 1.60. The Kier molecular flexibility index (Phi) is 4.76. The van der Waals surface area contributed by atoms with Crippen LogP contribution in [-0.4, -0.2) is 27.7 Å². The van der Waals surface area contributed by atoms with E-state index < -0.39 is 10.0 Å². The monoisotopic (exact) mass is 312 g/mol. The molecule has 0 aliphatic heterocycles. The smallest absolute Gasteiger partial charge is 0.242 e. The van der Waals surface area contributed by atoms with Gasteiger partial charge in [-0.2, -0.15) is 5.10 Å². The zero-order valence-corrected chi connectivity index (χ0v) is 13.0. The first kappa shape index (κ1) is 15.7. The quantitative estimate of drug-likeness (QED) is 0.746. The van der Waals surface area contributed by atoms with Gasteiger partial charge in [-0.15, -0.1) is 0 Å². The van der Waals surface area contributed by atoms with Gasteiger partial charge in [0.1, 0.15) is 6.33 Å². The molecule has 0 saturated carbocycles. The molecule has 2 heterocycles. The Balaban J connectivity index is 2.15. The lowest BCUT2D eigenvalue weighted by Crippen LogP contribution is -2.23. The third-order valence-electron chi connectivity index (χ3n) is 3.01. The number of aromatic nitrogens is 4. The van der Waals surface area contributed by atoms with Crippen LogP contribution in [0.5, 0.6) is 0 Å². The molecular weight excluding hydrogens is 292 g/mol. The first-order valence-electron chi connectivity index (χ1n) is 6.69. The second kappa shape index (κ2) is 6.37. The minimum atomic E-state index is -3.59. The van der Waals surface area contributed by atoms with Crippen LogP contribution in [0, 0.1) is 0 Å². The van der Waals surface area contributed by atoms with Gasteiger partial charge in [0.25, 0.3) is 0 Å². The summed E-state index contributed by atoms with van der Waals surface area (Å²) in [5.74, 6) is 0.424. The van der Waals surface area contributed by atoms with Gasteiger partial charge in [0.05, 0.1) is 11.4 Å². The Morgan fingerprint density at radius 1 is 1.43 bits per heavy atom. The Labute approximate surface area is 124 Å². The van der Waals surface area contributed by atoms with E-state index in [0.29, 0.717) is 12.4 Å². The van der Waals surface area contributed by atoms with Gasteiger partial charge in [0.2, 0.25) is 10.0 Å². The standard InChI is InChI=1S/C12H20N6O2S/c1-3-4-18-8-11(5-10(18)6-13)21(19,20)15-7-12-14-9-17(2)16-12/h5,8-9,15H,3-4,6-7,13H2,1-2H3. The molecule has 2 rings (SSSR count). The van der Waals surface area contributed by atoms with Crippen LogP contribution < -0.4 is 10.5 Å². The van der Waals surface area contributed by atoms with Crippen LogP contribution in [0.15, 0.2) is 23.5 Å². The van der Waals surface area contributed by atoms with Crippen LogP contribution in [0.3, 0.4) is 0 Å². The first-order chi connectivity index (χ1) is 9.96. The molecule has 0 spiro atoms. The number of nitrogens with one attached hydrogen (secondary N) is 1. The van der Waals surface area contributed by atoms with E-state index in [1.807, 2.05) is 11.5 Å². The number of hydrogen-bond acceptors (Lipinski definition) is 5. The summed E-state index contributed by atoms with van der Waals surface area (Å²) in [6.45, 7) is 3.13. The lowest BCUT2D eigenvalue weighted by atomic mass is 10.4. The van der Waals surface area contributed by atoms with Crippen LogP contribution in [0.2, 0.25) is 0 Å². The molecule has 2 aromatic heterocycles. The normalized spacial score (nSPS) is 12.0. The van der Waals surface area contributed by atoms with Crippen molar-refractivity contribution in [3.8, 4) is 0 Å². The van der Waals surface area contributed by atoms with Crippen molar-refractivity contribution in [2.45, 2.75) is 37.9 Å². The second-order valence-electron chi connectivity index (χ2n) is 4.72. The van der Waals surface area contributed by atoms with Crippen LogP contribution in [-0.2, 0) is 36.7 Å². The summed E-state index contributed by atoms with van der Waals surface area (Å²) < 4.78 is 30.4. The Bertz CT molecular complexity index is 703. The molecule has 21 heavy (non-hydrogen) atoms. The number of nitrogens with zero attached hydrogens (tertiary/aromatic N) is 4. The molecule has 8 nitrogen and oxygen atoms in total. The summed E-state index contributed by atoms with van der Waals surface area (Å²) >= 11 is 0. The first-order valence-corrected chi connectivity index (χ1v) is 8.18. The Morgan fingerprint density at radius 3 is 2.76 bits per heavy atom. The fraction of sp³-hybridized carbons (Fsp3) is 0.500. The molecule has 0 fully saturated rings. The predicted molar refractivity (Wildman–Crippen MR) is 77.6 cm³/mol. The third-order valence-corrected chi connectivity index (χ3v) is 4.38. The van der Waals surface area contributed by atoms with E-state index in [4.69, 9.17) is 5.73 Å². The summed E-state index contributed by atoms with van der Waals surface area (Å²) in [5, 5.41) is 4.03. The van der Waals surface area contributed by atoms with Crippen LogP contribution >= 0.6 is 0 Å². The molecule has 0 aliphatic carbocycles. The van der Waals surface area contributed by atoms with Gasteiger partial charge in [-0.3, -0.25) is 4.68 Å². The fourth-order valence-electron chi connectivity index (χ4n) is 2.00. The average molecular weight is 312 g/mol. The van der Waals surface area contributed by atoms with Gasteiger partial charge in [-0.25, -0.2) is 18.1 Å². The van der Waals surface area contributed by atoms with Gasteiger partial charge < -0.3 is 10.3 Å². The fourth-order valence-corrected chi connectivity index (χ4v) is 3.04. The molecule has 0 saturated heterocycles. The molecular formula is C12H20N6O2S. The average Bonchev–Trinajstić information content (AvgIpc) is 3.04. The van der Waals surface area contributed by atoms with Crippen LogP contribution in [0.1, 0.15) is 24.9 Å². The number of rotatable bonds is 7. The van der Waals surface area contributed by atoms with E-state index in [2.05, 4.69) is 14.8 Å². The molecule has 0 amide bonds. The zero-order chi connectivity index (χ0) is 15.5. The molecule has 0 radical (unpaired) electrons. The number of nitrogens with two attached hydrogens (primary N) is 1. The molecule has 0 bridgehead atoms. The summed E-state index contributed by atoms with van der Waals surface area (Å²) in [4.78, 5) is 4.20. The molecule has 0 aromatic carbocycles. The second-order valence-corrected chi connectivity index (χ2v) is 6.49. The third kappa shape index (κ3) is 3.69. The number of sulfonamides is 1. The highest BCUT2D eigenvalue weighted by molar-refractivity contribution is 7.89. The zero-order valence-electron chi connectivity index (χ0n) is 12.2. The SMILES string of the molecule is CCCn1cc(S(=O)(=O)NCc2ncn(C)n2)cc1CN. The van der Waals surface area contributed by atoms with E-state index in [1.54, 1.807) is 19.3 Å². The van der Waals surface area contributed by atoms with E-state index in [9.17, 15) is 8.42 Å². The highest BCUT2D eigenvalue weighted by Gasteiger charge is 2.18. The van der Waals surface area contributed by atoms with Crippen molar-refractivity contribution in [3.63, 3.8) is 0 Å². The Hall–Kier alpha value is -1.71. The van der Waals surface area contributed by atoms with E-state index in [0.717, 1.165) is 18.7 Å². The van der Waals surface area contributed by atoms with Crippen molar-refractivity contribution in [1.29, 1.82) is 0 Å². The van der Waals surface area contributed by atoms with Gasteiger partial charge in [0, 0.05) is 32.0 Å². The summed E-state index contributed by atoms with van der Waals surface area (Å²) in [7, 11) is -1.87. The Morgan fingerprint density at radius 2 is 2.19 bits per heavy atom. The molecule has 2 aromatic rings. The largest absolute Gasteiger partial charge is 0.349 e. The van der Waals surface area contributed by atoms with Crippen molar-refractivity contribution in [3.05, 3.63) is 30.1 Å². The van der Waals surface area contributed by atoms with Crippen molar-refractivity contribution in [2.75, 3.05) is 0 Å². The maximum absolute atomic E-state index is 12.3. The summed E-state index contributed by atoms with van der Waals surface area (Å²) in [5.41, 5.74) is 6.45. The van der Waals surface area contributed by atoms with E-state index >= 15 is 0 Å². The van der Waals surface area contributed by atoms with Gasteiger partial charge in [0.15, 0.2) is 5.82 Å². The molecule has 116 valence electrons. The lowest BCUT2D eigenvalue weighted by Gasteiger charge is -2.04. The van der Waals surface area contributed by atoms with Crippen molar-refractivity contribution >= 4 is 10.0 Å². The maximum atomic E-state index is 12.3. The summed E-state index contributed by atoms with van der Waals surface area (Å²) in [6.07, 6.45) is 4.04. The number of aryl methyl sites for hydroxylation is 2. The van der Waals surface area contributed by atoms with Gasteiger partial charge in [-0.1, -0.05) is 6.92 Å². The molecule has 0 unspecified atom stereocenters. The highest BCUT2D eigenvalue weighted by atomic mass is 32.2. The minimum Gasteiger partial charge on any atom is -0.349 e. The van der Waals surface area contributed by atoms with Gasteiger partial charge in [-0.05, 0) is 12.5 Å². The van der Waals surface area contributed by atoms with Crippen LogP contribution in [0.4, 0.5) is 0 Å². The molecule has 3 N–H and O–H groups in total. The minimum absolute atomic E-state index is 0.0556. The van der Waals surface area contributed by atoms with Crippen molar-refractivity contribution in [1.82, 2.24) is 24.1 Å². The lowest BCUT2D eigenvalue weighted by molar-refractivity contribution is 0.577. The van der Waals surface area contributed by atoms with E-state index in [-0.39, 0.29) is 11.4 Å².